The number of rotatable bonds is 7. The molecule has 1 aliphatic rings. The maximum Gasteiger partial charge on any atom is 0.321 e. The van der Waals surface area contributed by atoms with Crippen molar-refractivity contribution in [1.29, 1.82) is 0 Å². The normalized spacial score (nSPS) is 17.7. The van der Waals surface area contributed by atoms with E-state index < -0.39 is 17.9 Å². The average Bonchev–Trinajstić information content (AvgIpc) is 2.26. The van der Waals surface area contributed by atoms with Crippen LogP contribution in [0.2, 0.25) is 0 Å². The molecular weight excluding hydrogens is 264 g/mol. The van der Waals surface area contributed by atoms with Crippen LogP contribution in [0, 0.1) is 5.92 Å². The molecule has 0 aromatic heterocycles. The van der Waals surface area contributed by atoms with Crippen molar-refractivity contribution in [1.82, 2.24) is 10.6 Å². The van der Waals surface area contributed by atoms with Crippen molar-refractivity contribution in [2.75, 3.05) is 13.7 Å². The number of aliphatic carboxylic acids is 1. The molecule has 0 spiro atoms. The minimum absolute atomic E-state index is 0.00907. The highest BCUT2D eigenvalue weighted by Crippen LogP contribution is 2.34. The molecular formula is C13H22N2O5. The molecule has 114 valence electrons. The van der Waals surface area contributed by atoms with Gasteiger partial charge in [-0.05, 0) is 25.2 Å². The SMILES string of the molecule is COC1(CNC(=O)NC(=O)CC(C)CC(=O)O)CCC1. The third-order valence-corrected chi connectivity index (χ3v) is 3.58. The van der Waals surface area contributed by atoms with Gasteiger partial charge in [-0.25, -0.2) is 4.79 Å². The smallest absolute Gasteiger partial charge is 0.321 e. The lowest BCUT2D eigenvalue weighted by molar-refractivity contribution is -0.138. The Labute approximate surface area is 118 Å². The molecule has 0 saturated heterocycles. The minimum atomic E-state index is -0.957. The average molecular weight is 286 g/mol. The summed E-state index contributed by atoms with van der Waals surface area (Å²) in [6, 6.07) is -0.569. The number of ether oxygens (including phenoxy) is 1. The molecule has 3 N–H and O–H groups in total. The van der Waals surface area contributed by atoms with Crippen LogP contribution in [0.5, 0.6) is 0 Å². The molecule has 1 aliphatic carbocycles. The highest BCUT2D eigenvalue weighted by atomic mass is 16.5. The molecule has 1 unspecified atom stereocenters. The highest BCUT2D eigenvalue weighted by Gasteiger charge is 2.37. The monoisotopic (exact) mass is 286 g/mol. The van der Waals surface area contributed by atoms with Gasteiger partial charge in [0.25, 0.3) is 0 Å². The Bertz CT molecular complexity index is 373. The number of urea groups is 1. The van der Waals surface area contributed by atoms with E-state index in [0.717, 1.165) is 19.3 Å². The molecule has 1 saturated carbocycles. The van der Waals surface area contributed by atoms with Crippen molar-refractivity contribution < 1.29 is 24.2 Å². The van der Waals surface area contributed by atoms with E-state index in [1.165, 1.54) is 0 Å². The molecule has 1 rings (SSSR count). The Morgan fingerprint density at radius 2 is 1.95 bits per heavy atom. The van der Waals surface area contributed by atoms with Crippen LogP contribution in [0.1, 0.15) is 39.0 Å². The minimum Gasteiger partial charge on any atom is -0.481 e. The summed E-state index contributed by atoms with van der Waals surface area (Å²) in [6.07, 6.45) is 2.78. The summed E-state index contributed by atoms with van der Waals surface area (Å²) >= 11 is 0. The zero-order valence-electron chi connectivity index (χ0n) is 11.9. The van der Waals surface area contributed by atoms with Crippen LogP contribution in [-0.2, 0) is 14.3 Å². The predicted octanol–water partition coefficient (Wildman–Crippen LogP) is 0.882. The van der Waals surface area contributed by atoms with E-state index in [1.54, 1.807) is 14.0 Å². The van der Waals surface area contributed by atoms with E-state index in [2.05, 4.69) is 10.6 Å². The highest BCUT2D eigenvalue weighted by molar-refractivity contribution is 5.94. The molecule has 20 heavy (non-hydrogen) atoms. The Morgan fingerprint density at radius 3 is 2.40 bits per heavy atom. The first-order chi connectivity index (χ1) is 9.37. The van der Waals surface area contributed by atoms with Crippen molar-refractivity contribution >= 4 is 17.9 Å². The van der Waals surface area contributed by atoms with E-state index in [0.29, 0.717) is 6.54 Å². The maximum atomic E-state index is 11.5. The molecule has 0 heterocycles. The zero-order chi connectivity index (χ0) is 15.2. The summed E-state index contributed by atoms with van der Waals surface area (Å²) in [5.74, 6) is -1.74. The largest absolute Gasteiger partial charge is 0.481 e. The van der Waals surface area contributed by atoms with Gasteiger partial charge in [0, 0.05) is 26.5 Å². The lowest BCUT2D eigenvalue weighted by atomic mass is 9.80. The molecule has 0 radical (unpaired) electrons. The number of nitrogens with one attached hydrogen (secondary N) is 2. The summed E-state index contributed by atoms with van der Waals surface area (Å²) in [5, 5.41) is 13.4. The lowest BCUT2D eigenvalue weighted by Crippen LogP contribution is -2.52. The molecule has 0 aromatic carbocycles. The number of hydrogen-bond donors (Lipinski definition) is 3. The van der Waals surface area contributed by atoms with Crippen LogP contribution in [-0.4, -0.2) is 42.3 Å². The summed E-state index contributed by atoms with van der Waals surface area (Å²) in [6.45, 7) is 2.02. The second kappa shape index (κ2) is 7.23. The molecule has 0 aliphatic heterocycles. The number of carboxylic acid groups (broad SMARTS) is 1. The van der Waals surface area contributed by atoms with Crippen LogP contribution in [0.4, 0.5) is 4.79 Å². The topological polar surface area (TPSA) is 105 Å². The quantitative estimate of drug-likeness (QED) is 0.644. The van der Waals surface area contributed by atoms with Gasteiger partial charge in [0.2, 0.25) is 5.91 Å². The van der Waals surface area contributed by atoms with E-state index in [1.807, 2.05) is 0 Å². The Morgan fingerprint density at radius 1 is 1.30 bits per heavy atom. The van der Waals surface area contributed by atoms with Gasteiger partial charge in [-0.3, -0.25) is 14.9 Å². The van der Waals surface area contributed by atoms with Gasteiger partial charge < -0.3 is 15.2 Å². The van der Waals surface area contributed by atoms with E-state index in [4.69, 9.17) is 9.84 Å². The number of carbonyl (C=O) groups excluding carboxylic acids is 2. The van der Waals surface area contributed by atoms with Crippen LogP contribution >= 0.6 is 0 Å². The molecule has 0 bridgehead atoms. The molecule has 1 fully saturated rings. The third-order valence-electron chi connectivity index (χ3n) is 3.58. The van der Waals surface area contributed by atoms with Gasteiger partial charge in [0.15, 0.2) is 0 Å². The molecule has 3 amide bonds. The van der Waals surface area contributed by atoms with E-state index in [9.17, 15) is 14.4 Å². The standard InChI is InChI=1S/C13H22N2O5/c1-9(7-11(17)18)6-10(16)15-12(19)14-8-13(20-2)4-3-5-13/h9H,3-8H2,1-2H3,(H,17,18)(H2,14,15,16,19). The van der Waals surface area contributed by atoms with Crippen molar-refractivity contribution in [2.45, 2.75) is 44.6 Å². The fourth-order valence-electron chi connectivity index (χ4n) is 2.17. The van der Waals surface area contributed by atoms with Crippen LogP contribution in [0.15, 0.2) is 0 Å². The van der Waals surface area contributed by atoms with Gasteiger partial charge >= 0.3 is 12.0 Å². The van der Waals surface area contributed by atoms with Crippen LogP contribution < -0.4 is 10.6 Å². The second-order valence-electron chi connectivity index (χ2n) is 5.38. The fraction of sp³-hybridized carbons (Fsp3) is 0.769. The number of methoxy groups -OCH3 is 1. The first-order valence-electron chi connectivity index (χ1n) is 6.71. The second-order valence-corrected chi connectivity index (χ2v) is 5.38. The Kier molecular flexibility index (Phi) is 5.94. The van der Waals surface area contributed by atoms with Crippen molar-refractivity contribution in [3.63, 3.8) is 0 Å². The van der Waals surface area contributed by atoms with Gasteiger partial charge in [0.1, 0.15) is 0 Å². The number of imide groups is 1. The molecule has 1 atom stereocenters. The summed E-state index contributed by atoms with van der Waals surface area (Å²) in [7, 11) is 1.61. The predicted molar refractivity (Wildman–Crippen MR) is 71.2 cm³/mol. The summed E-state index contributed by atoms with van der Waals surface area (Å²) in [4.78, 5) is 33.5. The summed E-state index contributed by atoms with van der Waals surface area (Å²) < 4.78 is 5.34. The van der Waals surface area contributed by atoms with Crippen LogP contribution in [0.25, 0.3) is 0 Å². The number of amides is 3. The number of carboxylic acids is 1. The van der Waals surface area contributed by atoms with E-state index in [-0.39, 0.29) is 24.4 Å². The number of carbonyl (C=O) groups is 3. The van der Waals surface area contributed by atoms with Crippen molar-refractivity contribution in [3.8, 4) is 0 Å². The molecule has 7 nitrogen and oxygen atoms in total. The van der Waals surface area contributed by atoms with Gasteiger partial charge in [0.05, 0.1) is 5.60 Å². The first kappa shape index (κ1) is 16.4. The van der Waals surface area contributed by atoms with Gasteiger partial charge in [-0.2, -0.15) is 0 Å². The van der Waals surface area contributed by atoms with Crippen LogP contribution in [0.3, 0.4) is 0 Å². The van der Waals surface area contributed by atoms with E-state index >= 15 is 0 Å². The summed E-state index contributed by atoms with van der Waals surface area (Å²) in [5.41, 5.74) is -0.295. The maximum absolute atomic E-state index is 11.5. The Balaban J connectivity index is 2.24. The number of hydrogen-bond acceptors (Lipinski definition) is 4. The zero-order valence-corrected chi connectivity index (χ0v) is 11.9. The molecule has 7 heteroatoms. The lowest BCUT2D eigenvalue weighted by Gasteiger charge is -2.40. The fourth-order valence-corrected chi connectivity index (χ4v) is 2.17. The van der Waals surface area contributed by atoms with Crippen molar-refractivity contribution in [2.24, 2.45) is 5.92 Å². The first-order valence-corrected chi connectivity index (χ1v) is 6.71. The van der Waals surface area contributed by atoms with Gasteiger partial charge in [-0.1, -0.05) is 6.92 Å². The Hall–Kier alpha value is -1.63. The molecule has 0 aromatic rings. The third kappa shape index (κ3) is 5.16. The van der Waals surface area contributed by atoms with Crippen molar-refractivity contribution in [3.05, 3.63) is 0 Å². The van der Waals surface area contributed by atoms with Gasteiger partial charge in [-0.15, -0.1) is 0 Å².